The van der Waals surface area contributed by atoms with E-state index in [0.29, 0.717) is 6.54 Å². The highest BCUT2D eigenvalue weighted by Gasteiger charge is 2.22. The molecule has 0 saturated heterocycles. The van der Waals surface area contributed by atoms with Crippen LogP contribution in [0.15, 0.2) is 78.9 Å². The van der Waals surface area contributed by atoms with Gasteiger partial charge in [-0.3, -0.25) is 4.90 Å². The normalized spacial score (nSPS) is 11.4. The van der Waals surface area contributed by atoms with Crippen molar-refractivity contribution >= 4 is 23.2 Å². The Morgan fingerprint density at radius 3 is 1.95 bits per heavy atom. The van der Waals surface area contributed by atoms with Gasteiger partial charge in [0, 0.05) is 46.4 Å². The molecule has 0 fully saturated rings. The van der Waals surface area contributed by atoms with E-state index in [1.165, 1.54) is 18.5 Å². The number of unbranched alkanes of at least 4 members (excludes halogenated alkanes) is 3. The zero-order chi connectivity index (χ0) is 26.0. The summed E-state index contributed by atoms with van der Waals surface area (Å²) in [7, 11) is 0. The van der Waals surface area contributed by atoms with E-state index in [9.17, 15) is 0 Å². The maximum Gasteiger partial charge on any atom is 0.140 e. The molecule has 0 atom stereocenters. The molecular formula is C32H37Cl2N3. The third-order valence-corrected chi connectivity index (χ3v) is 7.49. The first-order valence-corrected chi connectivity index (χ1v) is 14.2. The summed E-state index contributed by atoms with van der Waals surface area (Å²) in [4.78, 5) is 7.77. The number of benzene rings is 3. The van der Waals surface area contributed by atoms with Crippen molar-refractivity contribution in [1.82, 2.24) is 14.5 Å². The van der Waals surface area contributed by atoms with E-state index in [-0.39, 0.29) is 0 Å². The van der Waals surface area contributed by atoms with Crippen LogP contribution in [0.2, 0.25) is 10.0 Å². The smallest absolute Gasteiger partial charge is 0.140 e. The number of hydrogen-bond acceptors (Lipinski definition) is 2. The molecule has 37 heavy (non-hydrogen) atoms. The minimum Gasteiger partial charge on any atom is -0.326 e. The lowest BCUT2D eigenvalue weighted by Crippen LogP contribution is -2.26. The van der Waals surface area contributed by atoms with Crippen molar-refractivity contribution in [2.75, 3.05) is 6.54 Å². The molecule has 0 aliphatic rings. The summed E-state index contributed by atoms with van der Waals surface area (Å²) in [5.41, 5.74) is 5.60. The van der Waals surface area contributed by atoms with Crippen LogP contribution in [0.5, 0.6) is 0 Å². The van der Waals surface area contributed by atoms with Crippen molar-refractivity contribution < 1.29 is 0 Å². The lowest BCUT2D eigenvalue weighted by Gasteiger charge is -2.25. The Balaban J connectivity index is 1.81. The molecule has 0 aliphatic heterocycles. The van der Waals surface area contributed by atoms with Crippen LogP contribution in [0, 0.1) is 0 Å². The summed E-state index contributed by atoms with van der Waals surface area (Å²) in [6, 6.07) is 26.9. The molecule has 194 valence electrons. The summed E-state index contributed by atoms with van der Waals surface area (Å²) in [5, 5.41) is 1.44. The molecule has 0 amide bonds. The van der Waals surface area contributed by atoms with Crippen molar-refractivity contribution in [3.8, 4) is 22.6 Å². The van der Waals surface area contributed by atoms with Gasteiger partial charge in [-0.2, -0.15) is 0 Å². The predicted octanol–water partition coefficient (Wildman–Crippen LogP) is 9.52. The molecule has 1 heterocycles. The van der Waals surface area contributed by atoms with Crippen molar-refractivity contribution in [1.29, 1.82) is 0 Å². The van der Waals surface area contributed by atoms with Crippen LogP contribution in [-0.4, -0.2) is 21.0 Å². The number of halogens is 2. The van der Waals surface area contributed by atoms with Gasteiger partial charge < -0.3 is 4.57 Å². The minimum absolute atomic E-state index is 0.702. The average Bonchev–Trinajstić information content (AvgIpc) is 3.28. The van der Waals surface area contributed by atoms with Crippen molar-refractivity contribution in [2.45, 2.75) is 65.6 Å². The first kappa shape index (κ1) is 27.4. The van der Waals surface area contributed by atoms with Gasteiger partial charge in [0.1, 0.15) is 5.82 Å². The fraction of sp³-hybridized carbons (Fsp3) is 0.344. The van der Waals surface area contributed by atoms with Gasteiger partial charge in [0.15, 0.2) is 0 Å². The van der Waals surface area contributed by atoms with E-state index < -0.39 is 0 Å². The van der Waals surface area contributed by atoms with Crippen molar-refractivity contribution in [2.24, 2.45) is 0 Å². The summed E-state index contributed by atoms with van der Waals surface area (Å²) >= 11 is 13.2. The fourth-order valence-corrected chi connectivity index (χ4v) is 5.27. The van der Waals surface area contributed by atoms with Gasteiger partial charge in [-0.15, -0.1) is 0 Å². The first-order valence-electron chi connectivity index (χ1n) is 13.5. The topological polar surface area (TPSA) is 21.1 Å². The van der Waals surface area contributed by atoms with Crippen LogP contribution in [0.25, 0.3) is 22.6 Å². The second-order valence-electron chi connectivity index (χ2n) is 9.59. The average molecular weight is 535 g/mol. The van der Waals surface area contributed by atoms with E-state index in [1.807, 2.05) is 18.2 Å². The number of rotatable bonds is 13. The van der Waals surface area contributed by atoms with E-state index in [2.05, 4.69) is 84.0 Å². The molecule has 4 rings (SSSR count). The standard InChI is InChI=1S/C32H37Cl2N3/c1-3-5-13-22-37-30(24-36(21-6-4-2)23-27-28(33)19-14-20-29(27)34)31(25-15-9-7-10-16-25)35-32(37)26-17-11-8-12-18-26/h7-12,14-20H,3-6,13,21-24H2,1-2H3. The second-order valence-corrected chi connectivity index (χ2v) is 10.4. The molecule has 1 aromatic heterocycles. The summed E-state index contributed by atoms with van der Waals surface area (Å²) in [6.07, 6.45) is 5.74. The zero-order valence-corrected chi connectivity index (χ0v) is 23.5. The van der Waals surface area contributed by atoms with Crippen molar-refractivity contribution in [3.05, 3.63) is 100 Å². The SMILES string of the molecule is CCCCCn1c(-c2ccccc2)nc(-c2ccccc2)c1CN(CCCC)Cc1c(Cl)cccc1Cl. The Labute approximate surface area is 232 Å². The molecule has 3 nitrogen and oxygen atoms in total. The van der Waals surface area contributed by atoms with Gasteiger partial charge in [-0.25, -0.2) is 4.98 Å². The number of imidazole rings is 1. The molecule has 4 aromatic rings. The van der Waals surface area contributed by atoms with Crippen LogP contribution in [-0.2, 0) is 19.6 Å². The predicted molar refractivity (Wildman–Crippen MR) is 158 cm³/mol. The largest absolute Gasteiger partial charge is 0.326 e. The molecule has 0 spiro atoms. The van der Waals surface area contributed by atoms with Crippen LogP contribution < -0.4 is 0 Å². The molecular weight excluding hydrogens is 497 g/mol. The third kappa shape index (κ3) is 7.04. The molecule has 0 unspecified atom stereocenters. The Bertz CT molecular complexity index is 1230. The summed E-state index contributed by atoms with van der Waals surface area (Å²) < 4.78 is 2.46. The van der Waals surface area contributed by atoms with Crippen LogP contribution in [0.3, 0.4) is 0 Å². The number of aromatic nitrogens is 2. The monoisotopic (exact) mass is 533 g/mol. The maximum absolute atomic E-state index is 6.61. The van der Waals surface area contributed by atoms with Gasteiger partial charge in [0.05, 0.1) is 11.4 Å². The second kappa shape index (κ2) is 13.8. The van der Waals surface area contributed by atoms with Gasteiger partial charge >= 0.3 is 0 Å². The van der Waals surface area contributed by atoms with E-state index in [0.717, 1.165) is 77.2 Å². The van der Waals surface area contributed by atoms with Gasteiger partial charge in [0.25, 0.3) is 0 Å². The first-order chi connectivity index (χ1) is 18.1. The van der Waals surface area contributed by atoms with Gasteiger partial charge in [-0.1, -0.05) is 123 Å². The number of nitrogens with zero attached hydrogens (tertiary/aromatic N) is 3. The molecule has 0 saturated carbocycles. The quantitative estimate of drug-likeness (QED) is 0.159. The summed E-state index contributed by atoms with van der Waals surface area (Å²) in [5.74, 6) is 1.04. The highest BCUT2D eigenvalue weighted by molar-refractivity contribution is 6.35. The lowest BCUT2D eigenvalue weighted by molar-refractivity contribution is 0.246. The van der Waals surface area contributed by atoms with Gasteiger partial charge in [0.2, 0.25) is 0 Å². The highest BCUT2D eigenvalue weighted by atomic mass is 35.5. The Morgan fingerprint density at radius 1 is 0.703 bits per heavy atom. The molecule has 5 heteroatoms. The lowest BCUT2D eigenvalue weighted by atomic mass is 10.1. The van der Waals surface area contributed by atoms with E-state index >= 15 is 0 Å². The number of hydrogen-bond donors (Lipinski definition) is 0. The van der Waals surface area contributed by atoms with Crippen LogP contribution in [0.4, 0.5) is 0 Å². The van der Waals surface area contributed by atoms with E-state index in [1.54, 1.807) is 0 Å². The maximum atomic E-state index is 6.61. The molecule has 0 bridgehead atoms. The minimum atomic E-state index is 0.702. The highest BCUT2D eigenvalue weighted by Crippen LogP contribution is 2.32. The fourth-order valence-electron chi connectivity index (χ4n) is 4.76. The molecule has 3 aromatic carbocycles. The van der Waals surface area contributed by atoms with Crippen molar-refractivity contribution in [3.63, 3.8) is 0 Å². The third-order valence-electron chi connectivity index (χ3n) is 6.78. The Kier molecular flexibility index (Phi) is 10.2. The van der Waals surface area contributed by atoms with Crippen LogP contribution in [0.1, 0.15) is 57.2 Å². The van der Waals surface area contributed by atoms with E-state index in [4.69, 9.17) is 28.2 Å². The molecule has 0 radical (unpaired) electrons. The molecule has 0 aliphatic carbocycles. The van der Waals surface area contributed by atoms with Crippen LogP contribution >= 0.6 is 23.2 Å². The summed E-state index contributed by atoms with van der Waals surface area (Å²) in [6.45, 7) is 7.88. The Hall–Kier alpha value is -2.59. The Morgan fingerprint density at radius 2 is 1.32 bits per heavy atom. The zero-order valence-electron chi connectivity index (χ0n) is 22.0. The van der Waals surface area contributed by atoms with Gasteiger partial charge in [-0.05, 0) is 31.5 Å². The molecule has 0 N–H and O–H groups in total.